The van der Waals surface area contributed by atoms with Crippen molar-refractivity contribution in [1.29, 1.82) is 0 Å². The van der Waals surface area contributed by atoms with E-state index in [9.17, 15) is 90.4 Å². The van der Waals surface area contributed by atoms with Gasteiger partial charge in [-0.05, 0) is 19.4 Å². The van der Waals surface area contributed by atoms with Crippen molar-refractivity contribution in [3.05, 3.63) is 47.6 Å². The Hall–Kier alpha value is -7.45. The summed E-state index contributed by atoms with van der Waals surface area (Å²) in [7, 11) is 0. The Morgan fingerprint density at radius 1 is 0.381 bits per heavy atom. The van der Waals surface area contributed by atoms with Crippen LogP contribution in [0.2, 0.25) is 0 Å². The largest absolute Gasteiger partial charge is 0.480 e. The minimum absolute atomic E-state index is 0.00112. The smallest absolute Gasteiger partial charge is 0.320 e. The topological polar surface area (TPSA) is 710 Å². The highest BCUT2D eigenvalue weighted by Gasteiger charge is 2.51. The molecule has 8 heterocycles. The van der Waals surface area contributed by atoms with Crippen LogP contribution >= 0.6 is 0 Å². The number of carbonyl (C=O) groups is 5. The van der Waals surface area contributed by atoms with Crippen LogP contribution in [0.1, 0.15) is 76.2 Å². The van der Waals surface area contributed by atoms with Crippen molar-refractivity contribution in [2.45, 2.75) is 228 Å². The van der Waals surface area contributed by atoms with E-state index in [0.29, 0.717) is 81.4 Å². The molecule has 56 nitrogen and oxygen atoms in total. The molecule has 4 amide bonds. The normalized spacial score (nSPS) is 25.3. The minimum Gasteiger partial charge on any atom is -0.480 e. The number of nitrogens with zero attached hydrogens (tertiary/aromatic N) is 14. The fourth-order valence-corrected chi connectivity index (χ4v) is 15.0. The molecule has 0 radical (unpaired) electrons. The zero-order valence-corrected chi connectivity index (χ0v) is 79.1. The summed E-state index contributed by atoms with van der Waals surface area (Å²) in [5, 5.41) is 178. The summed E-state index contributed by atoms with van der Waals surface area (Å²) in [6, 6.07) is -5.40. The van der Waals surface area contributed by atoms with Crippen molar-refractivity contribution in [3.63, 3.8) is 0 Å². The Labute approximate surface area is 802 Å². The highest BCUT2D eigenvalue weighted by atomic mass is 16.7. The summed E-state index contributed by atoms with van der Waals surface area (Å²) < 4.78 is 120. The number of carboxylic acids is 1. The predicted molar refractivity (Wildman–Crippen MR) is 468 cm³/mol. The average Bonchev–Trinajstić information content (AvgIpc) is 1.11. The molecule has 4 aliphatic rings. The molecule has 17 N–H and O–H groups in total. The van der Waals surface area contributed by atoms with Gasteiger partial charge in [-0.15, -0.1) is 20.4 Å². The third-order valence-electron chi connectivity index (χ3n) is 22.0. The van der Waals surface area contributed by atoms with Crippen LogP contribution in [0.25, 0.3) is 0 Å². The number of carbonyl (C=O) groups excluding carboxylic acids is 4. The second-order valence-corrected chi connectivity index (χ2v) is 32.9. The number of unbranched alkanes of at least 4 members (excludes halogenated alkanes) is 1. The van der Waals surface area contributed by atoms with Gasteiger partial charge < -0.3 is 182 Å². The molecule has 20 atom stereocenters. The maximum absolute atomic E-state index is 13.6. The van der Waals surface area contributed by atoms with Crippen molar-refractivity contribution in [2.24, 2.45) is 0 Å². The van der Waals surface area contributed by atoms with E-state index in [1.165, 1.54) is 27.7 Å². The molecule has 8 rings (SSSR count). The van der Waals surface area contributed by atoms with E-state index < -0.39 is 185 Å². The van der Waals surface area contributed by atoms with Gasteiger partial charge in [-0.25, -0.2) is 18.7 Å². The third-order valence-corrected chi connectivity index (χ3v) is 22.0. The second-order valence-electron chi connectivity index (χ2n) is 32.9. The van der Waals surface area contributed by atoms with Crippen LogP contribution in [0.15, 0.2) is 24.8 Å². The van der Waals surface area contributed by atoms with Crippen LogP contribution in [0.4, 0.5) is 0 Å². The van der Waals surface area contributed by atoms with Gasteiger partial charge in [0.05, 0.1) is 273 Å². The number of hydrogen-bond donors (Lipinski definition) is 17. The Morgan fingerprint density at radius 2 is 0.662 bits per heavy atom. The van der Waals surface area contributed by atoms with Crippen LogP contribution in [0.5, 0.6) is 0 Å². The molecule has 0 aromatic carbocycles. The molecular formula is C83H144N18O38. The zero-order valence-electron chi connectivity index (χ0n) is 79.1. The third kappa shape index (κ3) is 42.4. The molecule has 0 bridgehead atoms. The first-order valence-electron chi connectivity index (χ1n) is 46.4. The quantitative estimate of drug-likeness (QED) is 0.0183. The van der Waals surface area contributed by atoms with Crippen LogP contribution in [0.3, 0.4) is 0 Å². The SMILES string of the molecule is CC(=O)NC1C(OCCOCCOCCOCCn2cc(CN(CCCC[C@@H](C(=O)O)N(Cc3cn(CCOCCOCCOCCOC4OC(CO)C(O)C(O)C4NC(C)=O)nn3)Cc3cn(CCOCCOCCOCCOC4OC(CO)C(O)C(O)C4NC(C)=O)nn3)Cc3cn(CCOCCOCCOCCOC4OC(CO)CC(O)(CO)C4NC(C)=O)nn3)nn2)OC(CO)C(O)C1O. The lowest BCUT2D eigenvalue weighted by molar-refractivity contribution is -0.272. The van der Waals surface area contributed by atoms with Gasteiger partial charge in [0.25, 0.3) is 0 Å². The minimum atomic E-state index is -1.78. The zero-order chi connectivity index (χ0) is 100. The van der Waals surface area contributed by atoms with Gasteiger partial charge in [-0.1, -0.05) is 27.3 Å². The van der Waals surface area contributed by atoms with E-state index in [1.807, 2.05) is 12.4 Å². The molecule has 19 unspecified atom stereocenters. The lowest BCUT2D eigenvalue weighted by Crippen LogP contribution is -2.66. The Balaban J connectivity index is 0.812. The number of aromatic nitrogens is 12. The number of aliphatic carboxylic acids is 1. The molecule has 0 spiro atoms. The van der Waals surface area contributed by atoms with Gasteiger partial charge in [0.2, 0.25) is 23.6 Å². The molecular weight excluding hydrogens is 1860 g/mol. The van der Waals surface area contributed by atoms with Crippen molar-refractivity contribution in [2.75, 3.05) is 225 Å². The number of amides is 4. The summed E-state index contributed by atoms with van der Waals surface area (Å²) in [4.78, 5) is 64.7. The number of ether oxygens (including phenoxy) is 20. The number of carboxylic acid groups (broad SMARTS) is 1. The molecule has 4 aromatic rings. The molecule has 794 valence electrons. The van der Waals surface area contributed by atoms with Crippen molar-refractivity contribution in [3.8, 4) is 0 Å². The van der Waals surface area contributed by atoms with Gasteiger partial charge in [0.15, 0.2) is 25.2 Å². The van der Waals surface area contributed by atoms with Gasteiger partial charge in [-0.2, -0.15) is 0 Å². The number of rotatable bonds is 76. The summed E-state index contributed by atoms with van der Waals surface area (Å²) in [6.07, 6.45) is -9.42. The first-order valence-corrected chi connectivity index (χ1v) is 46.4. The fourth-order valence-electron chi connectivity index (χ4n) is 15.0. The molecule has 0 aliphatic carbocycles. The highest BCUT2D eigenvalue weighted by Crippen LogP contribution is 2.31. The molecule has 4 aromatic heterocycles. The Kier molecular flexibility index (Phi) is 55.2. The van der Waals surface area contributed by atoms with E-state index in [0.717, 1.165) is 0 Å². The van der Waals surface area contributed by atoms with Crippen molar-refractivity contribution >= 4 is 29.6 Å². The highest BCUT2D eigenvalue weighted by molar-refractivity contribution is 5.75. The summed E-state index contributed by atoms with van der Waals surface area (Å²) in [5.41, 5.74) is 0.415. The van der Waals surface area contributed by atoms with Crippen LogP contribution in [-0.4, -0.2) is 512 Å². The van der Waals surface area contributed by atoms with E-state index in [2.05, 4.69) is 67.4 Å². The number of nitrogens with one attached hydrogen (secondary N) is 4. The number of aliphatic hydroxyl groups is 12. The van der Waals surface area contributed by atoms with Crippen LogP contribution in [-0.2, 0) is 171 Å². The lowest BCUT2D eigenvalue weighted by Gasteiger charge is -2.46. The number of aliphatic hydroxyl groups excluding tert-OH is 11. The van der Waals surface area contributed by atoms with Crippen molar-refractivity contribution in [1.82, 2.24) is 91.0 Å². The summed E-state index contributed by atoms with van der Waals surface area (Å²) >= 11 is 0. The molecule has 56 heteroatoms. The molecule has 4 aliphatic heterocycles. The maximum Gasteiger partial charge on any atom is 0.320 e. The standard InChI is InChI=1S/C83H144N18O38/c1-55(107)84-68-74(114)71(111)65(51-103)137-79(68)132-37-33-128-29-25-124-21-17-120-13-9-98-46-59(88-92-98)42-96(43-60-47-99(93-89-60)10-14-121-18-22-127-28-32-131-36-40-135-82-77(87-58(4)110)83(119,54-106)41-63(50-102)136-82)8-6-5-7-64(78(117)118)97(44-61-48-100(94-90-61)11-15-122-19-23-125-26-30-129-34-38-133-80-69(85-56(2)108)75(115)72(112)66(52-104)138-80)45-62-49-101(95-91-62)12-16-123-20-24-126-27-31-130-35-39-134-81-70(86-57(3)109)76(116)73(113)67(53-105)139-81/h46-49,63-77,79-82,102-106,111-116,119H,5-45,50-54H2,1-4H3,(H,84,107)(H,85,108)(H,86,109)(H,87,110)(H,117,118)/t63?,64-,65?,66?,67?,68?,69?,70?,71?,72?,73?,74?,75?,76?,77?,79?,80?,81?,82?,83?/m0/s1. The molecule has 4 saturated heterocycles. The first-order chi connectivity index (χ1) is 67.2. The Bertz CT molecular complexity index is 3890. The van der Waals surface area contributed by atoms with E-state index in [1.54, 1.807) is 36.0 Å². The average molecular weight is 2000 g/mol. The van der Waals surface area contributed by atoms with E-state index >= 15 is 0 Å². The lowest BCUT2D eigenvalue weighted by atomic mass is 9.85. The van der Waals surface area contributed by atoms with Gasteiger partial charge in [-0.3, -0.25) is 33.8 Å². The second kappa shape index (κ2) is 65.7. The van der Waals surface area contributed by atoms with Crippen LogP contribution in [0, 0.1) is 0 Å². The van der Waals surface area contributed by atoms with Crippen molar-refractivity contribution < 1.29 is 185 Å². The molecule has 139 heavy (non-hydrogen) atoms. The van der Waals surface area contributed by atoms with Gasteiger partial charge in [0.1, 0.15) is 90.7 Å². The fraction of sp³-hybridized carbons (Fsp3) is 0.843. The van der Waals surface area contributed by atoms with Gasteiger partial charge >= 0.3 is 5.97 Å². The van der Waals surface area contributed by atoms with Gasteiger partial charge in [0, 0.05) is 85.1 Å². The molecule has 0 saturated carbocycles. The van der Waals surface area contributed by atoms with Crippen LogP contribution < -0.4 is 21.3 Å². The molecule has 4 fully saturated rings. The monoisotopic (exact) mass is 2000 g/mol. The summed E-state index contributed by atoms with van der Waals surface area (Å²) in [5.74, 6) is -2.99. The van der Waals surface area contributed by atoms with E-state index in [-0.39, 0.29) is 211 Å². The Morgan fingerprint density at radius 3 is 0.935 bits per heavy atom. The number of hydrogen-bond acceptors (Lipinski definition) is 47. The van der Waals surface area contributed by atoms with E-state index in [4.69, 9.17) is 94.7 Å². The maximum atomic E-state index is 13.6. The predicted octanol–water partition coefficient (Wildman–Crippen LogP) is -10.2. The first kappa shape index (κ1) is 117. The summed E-state index contributed by atoms with van der Waals surface area (Å²) in [6.45, 7) is 9.77.